The van der Waals surface area contributed by atoms with Crippen molar-refractivity contribution in [2.75, 3.05) is 11.9 Å². The van der Waals surface area contributed by atoms with Crippen LogP contribution in [0, 0.1) is 20.8 Å². The summed E-state index contributed by atoms with van der Waals surface area (Å²) < 4.78 is 5.82. The third-order valence-electron chi connectivity index (χ3n) is 5.32. The SMILES string of the molecule is Cc1cc(C)cc(NC(=O)CN2C(=O)S/C(=C\c3ccc(-c4ccc(C(=O)O)cc4C)o3)C2=O)c1. The highest BCUT2D eigenvalue weighted by Crippen LogP contribution is 2.34. The summed E-state index contributed by atoms with van der Waals surface area (Å²) in [6, 6.07) is 13.6. The smallest absolute Gasteiger partial charge is 0.335 e. The van der Waals surface area contributed by atoms with Crippen LogP contribution in [-0.2, 0) is 9.59 Å². The molecule has 2 heterocycles. The number of rotatable bonds is 6. The van der Waals surface area contributed by atoms with Gasteiger partial charge in [-0.25, -0.2) is 4.79 Å². The van der Waals surface area contributed by atoms with Crippen LogP contribution in [0.2, 0.25) is 0 Å². The standard InChI is InChI=1S/C26H22N2O6S/c1-14-8-15(2)10-18(9-14)27-23(29)13-28-24(30)22(35-26(28)33)12-19-5-7-21(34-19)20-6-4-17(25(31)32)11-16(20)3/h4-12H,13H2,1-3H3,(H,27,29)(H,31,32)/b22-12-. The minimum absolute atomic E-state index is 0.146. The fraction of sp³-hybridized carbons (Fsp3) is 0.154. The summed E-state index contributed by atoms with van der Waals surface area (Å²) in [6.07, 6.45) is 1.46. The molecular formula is C26H22N2O6S. The van der Waals surface area contributed by atoms with E-state index in [4.69, 9.17) is 9.52 Å². The highest BCUT2D eigenvalue weighted by atomic mass is 32.2. The van der Waals surface area contributed by atoms with Crippen LogP contribution < -0.4 is 5.32 Å². The van der Waals surface area contributed by atoms with Gasteiger partial charge in [0.15, 0.2) is 0 Å². The lowest BCUT2D eigenvalue weighted by Gasteiger charge is -2.13. The zero-order chi connectivity index (χ0) is 25.3. The molecule has 0 bridgehead atoms. The molecule has 8 nitrogen and oxygen atoms in total. The van der Waals surface area contributed by atoms with Gasteiger partial charge in [-0.05, 0) is 85.6 Å². The predicted octanol–water partition coefficient (Wildman–Crippen LogP) is 5.25. The molecule has 0 atom stereocenters. The minimum Gasteiger partial charge on any atom is -0.478 e. The first-order chi connectivity index (χ1) is 16.6. The first-order valence-electron chi connectivity index (χ1n) is 10.7. The van der Waals surface area contributed by atoms with E-state index < -0.39 is 29.6 Å². The van der Waals surface area contributed by atoms with E-state index in [0.717, 1.165) is 33.4 Å². The van der Waals surface area contributed by atoms with Gasteiger partial charge in [0, 0.05) is 17.3 Å². The molecule has 2 N–H and O–H groups in total. The van der Waals surface area contributed by atoms with Crippen molar-refractivity contribution < 1.29 is 28.7 Å². The monoisotopic (exact) mass is 490 g/mol. The maximum Gasteiger partial charge on any atom is 0.335 e. The summed E-state index contributed by atoms with van der Waals surface area (Å²) in [6.45, 7) is 5.21. The van der Waals surface area contributed by atoms with E-state index >= 15 is 0 Å². The number of thioether (sulfide) groups is 1. The first kappa shape index (κ1) is 24.0. The minimum atomic E-state index is -1.02. The summed E-state index contributed by atoms with van der Waals surface area (Å²) in [5, 5.41) is 11.3. The Hall–Kier alpha value is -4.11. The molecule has 9 heteroatoms. The zero-order valence-electron chi connectivity index (χ0n) is 19.2. The van der Waals surface area contributed by atoms with Crippen molar-refractivity contribution in [3.8, 4) is 11.3 Å². The van der Waals surface area contributed by atoms with Crippen molar-refractivity contribution in [1.82, 2.24) is 4.90 Å². The van der Waals surface area contributed by atoms with Crippen molar-refractivity contribution in [2.45, 2.75) is 20.8 Å². The van der Waals surface area contributed by atoms with E-state index in [2.05, 4.69) is 5.32 Å². The molecular weight excluding hydrogens is 468 g/mol. The molecule has 0 aliphatic carbocycles. The zero-order valence-corrected chi connectivity index (χ0v) is 20.1. The number of aromatic carboxylic acids is 1. The van der Waals surface area contributed by atoms with Crippen LogP contribution in [0.4, 0.5) is 10.5 Å². The number of amides is 3. The predicted molar refractivity (Wildman–Crippen MR) is 133 cm³/mol. The number of nitrogens with zero attached hydrogens (tertiary/aromatic N) is 1. The van der Waals surface area contributed by atoms with Crippen LogP contribution in [0.15, 0.2) is 57.9 Å². The van der Waals surface area contributed by atoms with Gasteiger partial charge >= 0.3 is 5.97 Å². The number of benzene rings is 2. The summed E-state index contributed by atoms with van der Waals surface area (Å²) >= 11 is 0.736. The highest BCUT2D eigenvalue weighted by Gasteiger charge is 2.36. The van der Waals surface area contributed by atoms with E-state index in [-0.39, 0.29) is 10.5 Å². The van der Waals surface area contributed by atoms with Crippen LogP contribution in [0.25, 0.3) is 17.4 Å². The fourth-order valence-corrected chi connectivity index (χ4v) is 4.62. The molecule has 0 saturated carbocycles. The molecule has 1 aliphatic heterocycles. The van der Waals surface area contributed by atoms with Gasteiger partial charge in [0.25, 0.3) is 11.1 Å². The Labute approximate surface area is 205 Å². The molecule has 0 spiro atoms. The molecule has 3 aromatic rings. The number of aryl methyl sites for hydroxylation is 3. The number of anilines is 1. The number of nitrogens with one attached hydrogen (secondary N) is 1. The fourth-order valence-electron chi connectivity index (χ4n) is 3.80. The van der Waals surface area contributed by atoms with Crippen molar-refractivity contribution in [3.05, 3.63) is 81.5 Å². The number of imide groups is 1. The van der Waals surface area contributed by atoms with Gasteiger partial charge in [0.05, 0.1) is 10.5 Å². The van der Waals surface area contributed by atoms with Crippen LogP contribution in [0.5, 0.6) is 0 Å². The Morgan fingerprint density at radius 3 is 2.40 bits per heavy atom. The molecule has 1 aliphatic rings. The lowest BCUT2D eigenvalue weighted by molar-refractivity contribution is -0.127. The van der Waals surface area contributed by atoms with Gasteiger partial charge in [0.2, 0.25) is 5.91 Å². The van der Waals surface area contributed by atoms with Gasteiger partial charge in [-0.15, -0.1) is 0 Å². The van der Waals surface area contributed by atoms with Gasteiger partial charge < -0.3 is 14.8 Å². The maximum atomic E-state index is 12.8. The van der Waals surface area contributed by atoms with Gasteiger partial charge in [-0.3, -0.25) is 19.3 Å². The number of carbonyl (C=O) groups excluding carboxylic acids is 3. The van der Waals surface area contributed by atoms with Gasteiger partial charge in [0.1, 0.15) is 18.1 Å². The first-order valence-corrected chi connectivity index (χ1v) is 11.5. The van der Waals surface area contributed by atoms with Crippen molar-refractivity contribution in [2.24, 2.45) is 0 Å². The molecule has 4 rings (SSSR count). The van der Waals surface area contributed by atoms with E-state index in [1.807, 2.05) is 32.0 Å². The third-order valence-corrected chi connectivity index (χ3v) is 6.23. The number of furan rings is 1. The van der Waals surface area contributed by atoms with Crippen molar-refractivity contribution >= 4 is 46.5 Å². The lowest BCUT2D eigenvalue weighted by Crippen LogP contribution is -2.36. The quantitative estimate of drug-likeness (QED) is 0.454. The highest BCUT2D eigenvalue weighted by molar-refractivity contribution is 8.18. The normalized spacial score (nSPS) is 14.6. The van der Waals surface area contributed by atoms with Crippen LogP contribution in [0.1, 0.15) is 32.8 Å². The Bertz CT molecular complexity index is 1380. The molecule has 3 amide bonds. The van der Waals surface area contributed by atoms with Crippen LogP contribution in [0.3, 0.4) is 0 Å². The van der Waals surface area contributed by atoms with Gasteiger partial charge in [-0.2, -0.15) is 0 Å². The molecule has 2 aromatic carbocycles. The summed E-state index contributed by atoms with van der Waals surface area (Å²) in [5.74, 6) is -1.21. The molecule has 178 valence electrons. The summed E-state index contributed by atoms with van der Waals surface area (Å²) in [4.78, 5) is 49.8. The third kappa shape index (κ3) is 5.36. The molecule has 35 heavy (non-hydrogen) atoms. The Balaban J connectivity index is 1.47. The van der Waals surface area contributed by atoms with E-state index in [9.17, 15) is 19.2 Å². The second kappa shape index (κ2) is 9.63. The number of carboxylic acids is 1. The molecule has 0 unspecified atom stereocenters. The van der Waals surface area contributed by atoms with E-state index in [1.54, 1.807) is 31.2 Å². The maximum absolute atomic E-state index is 12.8. The largest absolute Gasteiger partial charge is 0.478 e. The van der Waals surface area contributed by atoms with Gasteiger partial charge in [-0.1, -0.05) is 12.1 Å². The molecule has 1 aromatic heterocycles. The number of hydrogen-bond donors (Lipinski definition) is 2. The van der Waals surface area contributed by atoms with E-state index in [1.165, 1.54) is 12.1 Å². The average Bonchev–Trinajstić information content (AvgIpc) is 3.33. The van der Waals surface area contributed by atoms with Crippen molar-refractivity contribution in [1.29, 1.82) is 0 Å². The average molecular weight is 491 g/mol. The van der Waals surface area contributed by atoms with E-state index in [0.29, 0.717) is 22.8 Å². The van der Waals surface area contributed by atoms with Crippen LogP contribution in [-0.4, -0.2) is 39.6 Å². The lowest BCUT2D eigenvalue weighted by atomic mass is 10.0. The molecule has 1 saturated heterocycles. The topological polar surface area (TPSA) is 117 Å². The Morgan fingerprint density at radius 2 is 1.74 bits per heavy atom. The second-order valence-corrected chi connectivity index (χ2v) is 9.22. The molecule has 1 fully saturated rings. The van der Waals surface area contributed by atoms with Crippen LogP contribution >= 0.6 is 11.8 Å². The summed E-state index contributed by atoms with van der Waals surface area (Å²) in [7, 11) is 0. The number of hydrogen-bond acceptors (Lipinski definition) is 6. The molecule has 0 radical (unpaired) electrons. The number of carbonyl (C=O) groups is 4. The van der Waals surface area contributed by atoms with Crippen molar-refractivity contribution in [3.63, 3.8) is 0 Å². The Kier molecular flexibility index (Phi) is 6.61. The number of carboxylic acid groups (broad SMARTS) is 1. The summed E-state index contributed by atoms with van der Waals surface area (Å²) in [5.41, 5.74) is 4.19. The second-order valence-electron chi connectivity index (χ2n) is 8.23. The Morgan fingerprint density at radius 1 is 1.03 bits per heavy atom.